The lowest BCUT2D eigenvalue weighted by atomic mass is 9.96. The van der Waals surface area contributed by atoms with E-state index in [1.165, 1.54) is 12.7 Å². The smallest absolute Gasteiger partial charge is 0.337 e. The van der Waals surface area contributed by atoms with Crippen LogP contribution in [0.15, 0.2) is 54.6 Å². The van der Waals surface area contributed by atoms with Crippen molar-refractivity contribution >= 4 is 11.9 Å². The maximum Gasteiger partial charge on any atom is 0.337 e. The highest BCUT2D eigenvalue weighted by Gasteiger charge is 2.12. The average Bonchev–Trinajstić information content (AvgIpc) is 2.62. The molecule has 120 valence electrons. The molecule has 0 saturated carbocycles. The van der Waals surface area contributed by atoms with Gasteiger partial charge >= 0.3 is 5.97 Å². The van der Waals surface area contributed by atoms with Gasteiger partial charge in [-0.05, 0) is 36.2 Å². The van der Waals surface area contributed by atoms with E-state index in [-0.39, 0.29) is 11.8 Å². The monoisotopic (exact) mass is 311 g/mol. The van der Waals surface area contributed by atoms with E-state index >= 15 is 0 Å². The Hall–Kier alpha value is -2.62. The molecule has 2 aromatic rings. The van der Waals surface area contributed by atoms with E-state index in [2.05, 4.69) is 29.1 Å². The molecule has 0 bridgehead atoms. The summed E-state index contributed by atoms with van der Waals surface area (Å²) < 4.78 is 4.64. The number of rotatable bonds is 6. The summed E-state index contributed by atoms with van der Waals surface area (Å²) in [6.45, 7) is 2.69. The third kappa shape index (κ3) is 4.42. The van der Waals surface area contributed by atoms with E-state index < -0.39 is 5.97 Å². The van der Waals surface area contributed by atoms with Crippen LogP contribution in [0.5, 0.6) is 0 Å². The predicted octanol–water partition coefficient (Wildman–Crippen LogP) is 3.40. The lowest BCUT2D eigenvalue weighted by molar-refractivity contribution is 0.0600. The third-order valence-corrected chi connectivity index (χ3v) is 3.84. The maximum atomic E-state index is 12.2. The first kappa shape index (κ1) is 16.7. The van der Waals surface area contributed by atoms with Crippen LogP contribution in [0.4, 0.5) is 0 Å². The minimum absolute atomic E-state index is 0.143. The van der Waals surface area contributed by atoms with Crippen LogP contribution in [0.25, 0.3) is 0 Å². The molecule has 4 nitrogen and oxygen atoms in total. The van der Waals surface area contributed by atoms with Gasteiger partial charge in [0.25, 0.3) is 5.91 Å². The van der Waals surface area contributed by atoms with Crippen LogP contribution in [-0.2, 0) is 4.74 Å². The Morgan fingerprint density at radius 3 is 2.17 bits per heavy atom. The molecule has 23 heavy (non-hydrogen) atoms. The van der Waals surface area contributed by atoms with Gasteiger partial charge in [-0.25, -0.2) is 4.79 Å². The van der Waals surface area contributed by atoms with Crippen LogP contribution < -0.4 is 5.32 Å². The normalized spacial score (nSPS) is 11.6. The molecule has 2 aromatic carbocycles. The van der Waals surface area contributed by atoms with Crippen molar-refractivity contribution in [3.05, 3.63) is 71.3 Å². The highest BCUT2D eigenvalue weighted by atomic mass is 16.5. The first-order valence-electron chi connectivity index (χ1n) is 7.67. The molecule has 0 fully saturated rings. The molecule has 4 heteroatoms. The van der Waals surface area contributed by atoms with Gasteiger partial charge in [0.2, 0.25) is 0 Å². The van der Waals surface area contributed by atoms with Crippen LogP contribution in [0.3, 0.4) is 0 Å². The van der Waals surface area contributed by atoms with Crippen molar-refractivity contribution in [1.82, 2.24) is 5.32 Å². The van der Waals surface area contributed by atoms with Crippen molar-refractivity contribution in [2.24, 2.45) is 0 Å². The summed E-state index contributed by atoms with van der Waals surface area (Å²) >= 11 is 0. The van der Waals surface area contributed by atoms with Crippen molar-refractivity contribution in [2.45, 2.75) is 19.3 Å². The van der Waals surface area contributed by atoms with Gasteiger partial charge in [0.15, 0.2) is 0 Å². The summed E-state index contributed by atoms with van der Waals surface area (Å²) in [5, 5.41) is 2.96. The quantitative estimate of drug-likeness (QED) is 0.832. The van der Waals surface area contributed by atoms with E-state index in [0.29, 0.717) is 17.7 Å². The lowest BCUT2D eigenvalue weighted by Crippen LogP contribution is -2.28. The summed E-state index contributed by atoms with van der Waals surface area (Å²) in [6.07, 6.45) is 0.950. The van der Waals surface area contributed by atoms with E-state index in [1.54, 1.807) is 24.3 Å². The van der Waals surface area contributed by atoms with E-state index in [1.807, 2.05) is 18.2 Å². The molecule has 1 atom stereocenters. The standard InChI is InChI=1S/C19H21NO3/c1-3-14(15-7-5-4-6-8-15)13-20-18(21)16-9-11-17(12-10-16)19(22)23-2/h4-12,14H,3,13H2,1-2H3,(H,20,21)/t14-/m1/s1. The number of carbonyl (C=O) groups is 2. The summed E-state index contributed by atoms with van der Waals surface area (Å²) in [6, 6.07) is 16.6. The molecule has 0 radical (unpaired) electrons. The van der Waals surface area contributed by atoms with Gasteiger partial charge in [0, 0.05) is 18.0 Å². The maximum absolute atomic E-state index is 12.2. The number of hydrogen-bond acceptors (Lipinski definition) is 3. The third-order valence-electron chi connectivity index (χ3n) is 3.84. The topological polar surface area (TPSA) is 55.4 Å². The second-order valence-corrected chi connectivity index (χ2v) is 5.29. The molecule has 2 rings (SSSR count). The number of ether oxygens (including phenoxy) is 1. The van der Waals surface area contributed by atoms with Crippen LogP contribution in [0, 0.1) is 0 Å². The van der Waals surface area contributed by atoms with Crippen LogP contribution in [-0.4, -0.2) is 25.5 Å². The minimum Gasteiger partial charge on any atom is -0.465 e. The second kappa shape index (κ2) is 8.13. The fourth-order valence-electron chi connectivity index (χ4n) is 2.42. The highest BCUT2D eigenvalue weighted by molar-refractivity contribution is 5.96. The summed E-state index contributed by atoms with van der Waals surface area (Å²) in [4.78, 5) is 23.6. The zero-order valence-electron chi connectivity index (χ0n) is 13.4. The summed E-state index contributed by atoms with van der Waals surface area (Å²) in [5.41, 5.74) is 2.18. The molecule has 0 aromatic heterocycles. The van der Waals surface area contributed by atoms with Gasteiger partial charge in [-0.1, -0.05) is 37.3 Å². The fourth-order valence-corrected chi connectivity index (χ4v) is 2.42. The molecule has 1 N–H and O–H groups in total. The highest BCUT2D eigenvalue weighted by Crippen LogP contribution is 2.18. The molecule has 0 unspecified atom stereocenters. The van der Waals surface area contributed by atoms with Crippen LogP contribution >= 0.6 is 0 Å². The summed E-state index contributed by atoms with van der Waals surface area (Å²) in [5.74, 6) is -0.266. The molecule has 0 spiro atoms. The number of hydrogen-bond donors (Lipinski definition) is 1. The number of carbonyl (C=O) groups excluding carboxylic acids is 2. The average molecular weight is 311 g/mol. The van der Waals surface area contributed by atoms with Crippen molar-refractivity contribution < 1.29 is 14.3 Å². The Kier molecular flexibility index (Phi) is 5.92. The molecule has 0 aliphatic carbocycles. The lowest BCUT2D eigenvalue weighted by Gasteiger charge is -2.16. The van der Waals surface area contributed by atoms with Crippen molar-refractivity contribution in [3.63, 3.8) is 0 Å². The largest absolute Gasteiger partial charge is 0.465 e. The van der Waals surface area contributed by atoms with Gasteiger partial charge < -0.3 is 10.1 Å². The molecule has 0 aliphatic rings. The number of benzene rings is 2. The molecule has 1 amide bonds. The summed E-state index contributed by atoms with van der Waals surface area (Å²) in [7, 11) is 1.33. The minimum atomic E-state index is -0.410. The molecule has 0 heterocycles. The Bertz CT molecular complexity index is 650. The number of nitrogens with one attached hydrogen (secondary N) is 1. The molecule has 0 aliphatic heterocycles. The fraction of sp³-hybridized carbons (Fsp3) is 0.263. The Morgan fingerprint density at radius 1 is 1.00 bits per heavy atom. The Labute approximate surface area is 136 Å². The first-order chi connectivity index (χ1) is 11.2. The van der Waals surface area contributed by atoms with Gasteiger partial charge in [0.05, 0.1) is 12.7 Å². The van der Waals surface area contributed by atoms with Gasteiger partial charge in [-0.15, -0.1) is 0 Å². The van der Waals surface area contributed by atoms with Gasteiger partial charge in [0.1, 0.15) is 0 Å². The SMILES string of the molecule is CC[C@H](CNC(=O)c1ccc(C(=O)OC)cc1)c1ccccc1. The number of esters is 1. The number of methoxy groups -OCH3 is 1. The molecular formula is C19H21NO3. The van der Waals surface area contributed by atoms with Crippen molar-refractivity contribution in [3.8, 4) is 0 Å². The molecular weight excluding hydrogens is 290 g/mol. The first-order valence-corrected chi connectivity index (χ1v) is 7.67. The van der Waals surface area contributed by atoms with E-state index in [9.17, 15) is 9.59 Å². The van der Waals surface area contributed by atoms with Gasteiger partial charge in [-0.2, -0.15) is 0 Å². The zero-order chi connectivity index (χ0) is 16.7. The molecule has 0 saturated heterocycles. The van der Waals surface area contributed by atoms with Gasteiger partial charge in [-0.3, -0.25) is 4.79 Å². The predicted molar refractivity (Wildman–Crippen MR) is 89.6 cm³/mol. The second-order valence-electron chi connectivity index (χ2n) is 5.29. The van der Waals surface area contributed by atoms with Crippen molar-refractivity contribution in [1.29, 1.82) is 0 Å². The zero-order valence-corrected chi connectivity index (χ0v) is 13.4. The van der Waals surface area contributed by atoms with Crippen LogP contribution in [0.1, 0.15) is 45.5 Å². The Morgan fingerprint density at radius 2 is 1.61 bits per heavy atom. The Balaban J connectivity index is 1.97. The van der Waals surface area contributed by atoms with Crippen LogP contribution in [0.2, 0.25) is 0 Å². The van der Waals surface area contributed by atoms with E-state index in [0.717, 1.165) is 6.42 Å². The van der Waals surface area contributed by atoms with E-state index in [4.69, 9.17) is 0 Å². The van der Waals surface area contributed by atoms with Crippen molar-refractivity contribution in [2.75, 3.05) is 13.7 Å². The number of amides is 1.